The fourth-order valence-corrected chi connectivity index (χ4v) is 3.30. The molecule has 0 aliphatic rings. The molecule has 3 heterocycles. The molecule has 0 aliphatic carbocycles. The Hall–Kier alpha value is -3.00. The van der Waals surface area contributed by atoms with Gasteiger partial charge in [0.1, 0.15) is 5.65 Å². The van der Waals surface area contributed by atoms with Crippen LogP contribution in [0.25, 0.3) is 11.3 Å². The third-order valence-electron chi connectivity index (χ3n) is 3.73. The standard InChI is InChI=1S/C17H14N6OS/c1-12-6-5-9-22-15(24)10-13(18-16(12)22)11-25-17-19-20-21-23(17)14-7-3-2-4-8-14/h2-10H,11H2,1H3. The van der Waals surface area contributed by atoms with Gasteiger partial charge in [0.2, 0.25) is 5.16 Å². The second kappa shape index (κ2) is 6.48. The molecule has 8 heteroatoms. The topological polar surface area (TPSA) is 78.0 Å². The molecule has 0 unspecified atom stereocenters. The van der Waals surface area contributed by atoms with E-state index in [-0.39, 0.29) is 5.56 Å². The molecule has 0 aliphatic heterocycles. The average molecular weight is 350 g/mol. The number of hydrogen-bond acceptors (Lipinski definition) is 6. The molecule has 4 rings (SSSR count). The van der Waals surface area contributed by atoms with E-state index in [1.165, 1.54) is 11.8 Å². The molecule has 0 saturated carbocycles. The Kier molecular flexibility index (Phi) is 4.02. The maximum atomic E-state index is 12.3. The van der Waals surface area contributed by atoms with Crippen LogP contribution >= 0.6 is 11.8 Å². The van der Waals surface area contributed by atoms with E-state index in [0.717, 1.165) is 11.3 Å². The summed E-state index contributed by atoms with van der Waals surface area (Å²) in [6.45, 7) is 1.94. The predicted molar refractivity (Wildman–Crippen MR) is 94.9 cm³/mol. The fourth-order valence-electron chi connectivity index (χ4n) is 2.52. The number of thioether (sulfide) groups is 1. The lowest BCUT2D eigenvalue weighted by Crippen LogP contribution is -2.15. The van der Waals surface area contributed by atoms with Crippen molar-refractivity contribution in [2.45, 2.75) is 17.8 Å². The van der Waals surface area contributed by atoms with Gasteiger partial charge in [0.05, 0.1) is 11.4 Å². The summed E-state index contributed by atoms with van der Waals surface area (Å²) in [6.07, 6.45) is 1.73. The van der Waals surface area contributed by atoms with Crippen LogP contribution in [0.15, 0.2) is 64.7 Å². The Balaban J connectivity index is 1.63. The average Bonchev–Trinajstić information content (AvgIpc) is 3.10. The van der Waals surface area contributed by atoms with Gasteiger partial charge < -0.3 is 0 Å². The first-order valence-electron chi connectivity index (χ1n) is 7.67. The van der Waals surface area contributed by atoms with E-state index in [0.29, 0.717) is 22.3 Å². The van der Waals surface area contributed by atoms with Crippen molar-refractivity contribution in [2.75, 3.05) is 0 Å². The van der Waals surface area contributed by atoms with E-state index in [1.54, 1.807) is 21.3 Å². The Morgan fingerprint density at radius 1 is 1.12 bits per heavy atom. The van der Waals surface area contributed by atoms with Gasteiger partial charge in [-0.25, -0.2) is 4.98 Å². The monoisotopic (exact) mass is 350 g/mol. The first-order chi connectivity index (χ1) is 12.2. The second-order valence-corrected chi connectivity index (χ2v) is 6.41. The third-order valence-corrected chi connectivity index (χ3v) is 4.68. The predicted octanol–water partition coefficient (Wildman–Crippen LogP) is 2.27. The minimum Gasteiger partial charge on any atom is -0.269 e. The normalized spacial score (nSPS) is 11.1. The van der Waals surface area contributed by atoms with Crippen molar-refractivity contribution in [3.8, 4) is 5.69 Å². The number of fused-ring (bicyclic) bond motifs is 1. The summed E-state index contributed by atoms with van der Waals surface area (Å²) in [5.41, 5.74) is 3.13. The van der Waals surface area contributed by atoms with Crippen LogP contribution in [0, 0.1) is 6.92 Å². The number of hydrogen-bond donors (Lipinski definition) is 0. The molecule has 0 bridgehead atoms. The number of pyridine rings is 1. The van der Waals surface area contributed by atoms with E-state index in [9.17, 15) is 4.79 Å². The molecule has 3 aromatic heterocycles. The van der Waals surface area contributed by atoms with Crippen LogP contribution in [0.3, 0.4) is 0 Å². The van der Waals surface area contributed by atoms with Crippen LogP contribution in [0.5, 0.6) is 0 Å². The largest absolute Gasteiger partial charge is 0.269 e. The Morgan fingerprint density at radius 3 is 2.80 bits per heavy atom. The smallest absolute Gasteiger partial charge is 0.258 e. The molecular formula is C17H14N6OS. The highest BCUT2D eigenvalue weighted by Gasteiger charge is 2.11. The van der Waals surface area contributed by atoms with Gasteiger partial charge in [-0.05, 0) is 41.1 Å². The lowest BCUT2D eigenvalue weighted by atomic mass is 10.3. The lowest BCUT2D eigenvalue weighted by Gasteiger charge is -2.06. The number of tetrazole rings is 1. The van der Waals surface area contributed by atoms with Gasteiger partial charge in [0.15, 0.2) is 0 Å². The highest BCUT2D eigenvalue weighted by atomic mass is 32.2. The van der Waals surface area contributed by atoms with Crippen molar-refractivity contribution in [3.63, 3.8) is 0 Å². The van der Waals surface area contributed by atoms with Crippen molar-refractivity contribution >= 4 is 17.4 Å². The van der Waals surface area contributed by atoms with E-state index in [4.69, 9.17) is 0 Å². The molecule has 0 atom stereocenters. The van der Waals surface area contributed by atoms with Gasteiger partial charge in [-0.2, -0.15) is 4.68 Å². The molecule has 124 valence electrons. The van der Waals surface area contributed by atoms with Gasteiger partial charge in [-0.3, -0.25) is 9.20 Å². The van der Waals surface area contributed by atoms with Crippen LogP contribution in [0.4, 0.5) is 0 Å². The minimum atomic E-state index is -0.0908. The Labute approximate surface area is 147 Å². The summed E-state index contributed by atoms with van der Waals surface area (Å²) in [6, 6.07) is 15.0. The fraction of sp³-hybridized carbons (Fsp3) is 0.118. The number of para-hydroxylation sites is 1. The highest BCUT2D eigenvalue weighted by molar-refractivity contribution is 7.98. The first kappa shape index (κ1) is 15.5. The Bertz CT molecular complexity index is 1090. The second-order valence-electron chi connectivity index (χ2n) is 5.47. The zero-order valence-electron chi connectivity index (χ0n) is 13.4. The van der Waals surface area contributed by atoms with Crippen LogP contribution in [-0.4, -0.2) is 29.6 Å². The van der Waals surface area contributed by atoms with Gasteiger partial charge in [0, 0.05) is 18.0 Å². The summed E-state index contributed by atoms with van der Waals surface area (Å²) in [5, 5.41) is 12.5. The molecule has 0 N–H and O–H groups in total. The summed E-state index contributed by atoms with van der Waals surface area (Å²) < 4.78 is 3.22. The van der Waals surface area contributed by atoms with Gasteiger partial charge in [-0.15, -0.1) is 5.10 Å². The lowest BCUT2D eigenvalue weighted by molar-refractivity contribution is 0.756. The quantitative estimate of drug-likeness (QED) is 0.526. The number of nitrogens with zero attached hydrogens (tertiary/aromatic N) is 6. The van der Waals surface area contributed by atoms with Crippen LogP contribution in [-0.2, 0) is 5.75 Å². The summed E-state index contributed by atoms with van der Waals surface area (Å²) in [5.74, 6) is 0.507. The molecule has 0 spiro atoms. The van der Waals surface area contributed by atoms with Crippen molar-refractivity contribution in [1.82, 2.24) is 29.6 Å². The molecule has 0 saturated heterocycles. The first-order valence-corrected chi connectivity index (χ1v) is 8.65. The summed E-state index contributed by atoms with van der Waals surface area (Å²) in [7, 11) is 0. The maximum absolute atomic E-state index is 12.3. The van der Waals surface area contributed by atoms with Gasteiger partial charge in [0.25, 0.3) is 5.56 Å². The van der Waals surface area contributed by atoms with Crippen LogP contribution in [0.1, 0.15) is 11.3 Å². The number of rotatable bonds is 4. The van der Waals surface area contributed by atoms with Crippen molar-refractivity contribution in [3.05, 3.63) is 76.3 Å². The summed E-state index contributed by atoms with van der Waals surface area (Å²) >= 11 is 1.44. The molecule has 1 aromatic carbocycles. The molecule has 25 heavy (non-hydrogen) atoms. The van der Waals surface area contributed by atoms with Crippen molar-refractivity contribution in [1.29, 1.82) is 0 Å². The summed E-state index contributed by atoms with van der Waals surface area (Å²) in [4.78, 5) is 16.9. The van der Waals surface area contributed by atoms with Gasteiger partial charge in [-0.1, -0.05) is 36.0 Å². The molecule has 0 amide bonds. The van der Waals surface area contributed by atoms with Crippen molar-refractivity contribution in [2.24, 2.45) is 0 Å². The van der Waals surface area contributed by atoms with E-state index in [1.807, 2.05) is 49.4 Å². The van der Waals surface area contributed by atoms with Gasteiger partial charge >= 0.3 is 0 Å². The van der Waals surface area contributed by atoms with E-state index in [2.05, 4.69) is 20.5 Å². The minimum absolute atomic E-state index is 0.0908. The van der Waals surface area contributed by atoms with E-state index < -0.39 is 0 Å². The molecule has 0 fully saturated rings. The SMILES string of the molecule is Cc1cccn2c(=O)cc(CSc3nnnn3-c3ccccc3)nc12. The number of aryl methyl sites for hydroxylation is 1. The Morgan fingerprint density at radius 2 is 1.96 bits per heavy atom. The number of aromatic nitrogens is 6. The third kappa shape index (κ3) is 3.03. The molecule has 4 aromatic rings. The zero-order chi connectivity index (χ0) is 17.2. The maximum Gasteiger partial charge on any atom is 0.258 e. The van der Waals surface area contributed by atoms with Crippen LogP contribution < -0.4 is 5.56 Å². The molecule has 7 nitrogen and oxygen atoms in total. The van der Waals surface area contributed by atoms with E-state index >= 15 is 0 Å². The van der Waals surface area contributed by atoms with Crippen LogP contribution in [0.2, 0.25) is 0 Å². The molecule has 0 radical (unpaired) electrons. The highest BCUT2D eigenvalue weighted by Crippen LogP contribution is 2.21. The molecular weight excluding hydrogens is 336 g/mol. The van der Waals surface area contributed by atoms with Crippen molar-refractivity contribution < 1.29 is 0 Å². The number of benzene rings is 1. The zero-order valence-corrected chi connectivity index (χ0v) is 14.2.